The Bertz CT molecular complexity index is 882. The molecule has 0 fully saturated rings. The van der Waals surface area contributed by atoms with Crippen LogP contribution in [0.15, 0.2) is 46.0 Å². The molecule has 6 nitrogen and oxygen atoms in total. The second-order valence-electron chi connectivity index (χ2n) is 6.69. The molecule has 0 atom stereocenters. The highest BCUT2D eigenvalue weighted by Gasteiger charge is 2.13. The SMILES string of the molecule is CCC(CC)c1cc(CNC(=NC)NCCc2c[nH]c3ccccc23)on1.I. The van der Waals surface area contributed by atoms with E-state index in [-0.39, 0.29) is 24.0 Å². The lowest BCUT2D eigenvalue weighted by atomic mass is 9.99. The van der Waals surface area contributed by atoms with E-state index in [1.807, 2.05) is 12.1 Å². The molecule has 2 aromatic heterocycles. The molecule has 0 amide bonds. The van der Waals surface area contributed by atoms with Crippen molar-refractivity contribution in [2.75, 3.05) is 13.6 Å². The predicted octanol–water partition coefficient (Wildman–Crippen LogP) is 4.59. The van der Waals surface area contributed by atoms with Gasteiger partial charge in [-0.1, -0.05) is 37.2 Å². The van der Waals surface area contributed by atoms with Crippen molar-refractivity contribution in [3.05, 3.63) is 53.5 Å². The maximum Gasteiger partial charge on any atom is 0.191 e. The highest BCUT2D eigenvalue weighted by Crippen LogP contribution is 2.22. The van der Waals surface area contributed by atoms with Crippen LogP contribution < -0.4 is 10.6 Å². The zero-order valence-corrected chi connectivity index (χ0v) is 19.1. The van der Waals surface area contributed by atoms with Gasteiger partial charge < -0.3 is 20.1 Å². The Labute approximate surface area is 183 Å². The smallest absolute Gasteiger partial charge is 0.191 e. The molecule has 152 valence electrons. The van der Waals surface area contributed by atoms with Gasteiger partial charge in [0.2, 0.25) is 0 Å². The fourth-order valence-corrected chi connectivity index (χ4v) is 3.36. The number of aromatic nitrogens is 2. The summed E-state index contributed by atoms with van der Waals surface area (Å²) < 4.78 is 5.46. The van der Waals surface area contributed by atoms with Gasteiger partial charge in [0.1, 0.15) is 0 Å². The molecule has 2 heterocycles. The van der Waals surface area contributed by atoms with Gasteiger partial charge >= 0.3 is 0 Å². The minimum atomic E-state index is 0. The lowest BCUT2D eigenvalue weighted by Crippen LogP contribution is -2.37. The molecule has 28 heavy (non-hydrogen) atoms. The van der Waals surface area contributed by atoms with Gasteiger partial charge in [-0.25, -0.2) is 0 Å². The van der Waals surface area contributed by atoms with Gasteiger partial charge in [0.15, 0.2) is 11.7 Å². The van der Waals surface area contributed by atoms with Gasteiger partial charge in [-0.2, -0.15) is 0 Å². The van der Waals surface area contributed by atoms with Crippen LogP contribution in [-0.4, -0.2) is 29.7 Å². The fourth-order valence-electron chi connectivity index (χ4n) is 3.36. The van der Waals surface area contributed by atoms with Crippen molar-refractivity contribution < 1.29 is 4.52 Å². The number of rotatable bonds is 8. The van der Waals surface area contributed by atoms with E-state index in [1.165, 1.54) is 16.5 Å². The first-order valence-corrected chi connectivity index (χ1v) is 9.70. The third kappa shape index (κ3) is 5.50. The summed E-state index contributed by atoms with van der Waals surface area (Å²) in [6.45, 7) is 5.73. The summed E-state index contributed by atoms with van der Waals surface area (Å²) in [4.78, 5) is 7.60. The summed E-state index contributed by atoms with van der Waals surface area (Å²) in [5, 5.41) is 12.1. The summed E-state index contributed by atoms with van der Waals surface area (Å²) in [5.41, 5.74) is 3.52. The summed E-state index contributed by atoms with van der Waals surface area (Å²) >= 11 is 0. The second kappa shape index (κ2) is 11.1. The van der Waals surface area contributed by atoms with E-state index in [0.29, 0.717) is 12.5 Å². The zero-order chi connectivity index (χ0) is 19.1. The Morgan fingerprint density at radius 2 is 2.00 bits per heavy atom. The quantitative estimate of drug-likeness (QED) is 0.243. The second-order valence-corrected chi connectivity index (χ2v) is 6.69. The number of nitrogens with zero attached hydrogens (tertiary/aromatic N) is 2. The van der Waals surface area contributed by atoms with Crippen LogP contribution in [0.25, 0.3) is 10.9 Å². The molecular weight excluding hydrogens is 465 g/mol. The average Bonchev–Trinajstić information content (AvgIpc) is 3.33. The highest BCUT2D eigenvalue weighted by molar-refractivity contribution is 14.0. The molecule has 3 rings (SSSR count). The number of fused-ring (bicyclic) bond motifs is 1. The van der Waals surface area contributed by atoms with Crippen LogP contribution in [-0.2, 0) is 13.0 Å². The third-order valence-electron chi connectivity index (χ3n) is 5.00. The first-order chi connectivity index (χ1) is 13.2. The van der Waals surface area contributed by atoms with Crippen LogP contribution in [0.5, 0.6) is 0 Å². The lowest BCUT2D eigenvalue weighted by Gasteiger charge is -2.10. The Balaban J connectivity index is 0.00000280. The van der Waals surface area contributed by atoms with Gasteiger partial charge in [0.05, 0.1) is 12.2 Å². The summed E-state index contributed by atoms with van der Waals surface area (Å²) in [6.07, 6.45) is 5.15. The Morgan fingerprint density at radius 3 is 2.75 bits per heavy atom. The number of hydrogen-bond acceptors (Lipinski definition) is 3. The Kier molecular flexibility index (Phi) is 8.82. The molecule has 3 N–H and O–H groups in total. The van der Waals surface area contributed by atoms with E-state index < -0.39 is 0 Å². The number of H-pyrrole nitrogens is 1. The van der Waals surface area contributed by atoms with Crippen molar-refractivity contribution in [2.24, 2.45) is 4.99 Å². The first kappa shape index (κ1) is 22.3. The van der Waals surface area contributed by atoms with E-state index >= 15 is 0 Å². The van der Waals surface area contributed by atoms with Gasteiger partial charge in [-0.05, 0) is 30.9 Å². The van der Waals surface area contributed by atoms with Crippen molar-refractivity contribution >= 4 is 40.8 Å². The van der Waals surface area contributed by atoms with Gasteiger partial charge in [-0.15, -0.1) is 24.0 Å². The van der Waals surface area contributed by atoms with Crippen molar-refractivity contribution in [2.45, 2.75) is 45.6 Å². The number of halogens is 1. The number of hydrogen-bond donors (Lipinski definition) is 3. The minimum absolute atomic E-state index is 0. The number of guanidine groups is 1. The molecule has 0 saturated heterocycles. The number of aromatic amines is 1. The molecule has 0 spiro atoms. The van der Waals surface area contributed by atoms with Crippen LogP contribution in [0.4, 0.5) is 0 Å². The monoisotopic (exact) mass is 495 g/mol. The molecule has 0 aliphatic rings. The maximum atomic E-state index is 5.46. The topological polar surface area (TPSA) is 78.2 Å². The summed E-state index contributed by atoms with van der Waals surface area (Å²) in [7, 11) is 1.77. The highest BCUT2D eigenvalue weighted by atomic mass is 127. The van der Waals surface area contributed by atoms with Crippen LogP contribution in [0.2, 0.25) is 0 Å². The molecule has 3 aromatic rings. The molecule has 7 heteroatoms. The zero-order valence-electron chi connectivity index (χ0n) is 16.8. The van der Waals surface area contributed by atoms with Crippen molar-refractivity contribution in [3.8, 4) is 0 Å². The van der Waals surface area contributed by atoms with Crippen LogP contribution in [0, 0.1) is 0 Å². The Hall–Kier alpha value is -2.03. The minimum Gasteiger partial charge on any atom is -0.361 e. The fraction of sp³-hybridized carbons (Fsp3) is 0.429. The van der Waals surface area contributed by atoms with E-state index in [2.05, 4.69) is 64.0 Å². The largest absolute Gasteiger partial charge is 0.361 e. The van der Waals surface area contributed by atoms with Gasteiger partial charge in [0.25, 0.3) is 0 Å². The van der Waals surface area contributed by atoms with E-state index in [4.69, 9.17) is 4.52 Å². The molecular formula is C21H30IN5O. The standard InChI is InChI=1S/C21H29N5O.HI/c1-4-15(5-2)20-12-17(27-26-20)14-25-21(22-3)23-11-10-16-13-24-19-9-7-6-8-18(16)19;/h6-9,12-13,15,24H,4-5,10-11,14H2,1-3H3,(H2,22,23,25);1H. The van der Waals surface area contributed by atoms with E-state index in [9.17, 15) is 0 Å². The molecule has 0 unspecified atom stereocenters. The van der Waals surface area contributed by atoms with Crippen LogP contribution >= 0.6 is 24.0 Å². The van der Waals surface area contributed by atoms with Crippen molar-refractivity contribution in [3.63, 3.8) is 0 Å². The van der Waals surface area contributed by atoms with E-state index in [1.54, 1.807) is 7.05 Å². The number of nitrogens with one attached hydrogen (secondary N) is 3. The maximum absolute atomic E-state index is 5.46. The molecule has 0 aliphatic heterocycles. The molecule has 0 radical (unpaired) electrons. The Morgan fingerprint density at radius 1 is 1.21 bits per heavy atom. The van der Waals surface area contributed by atoms with E-state index in [0.717, 1.165) is 43.2 Å². The van der Waals surface area contributed by atoms with Crippen molar-refractivity contribution in [1.82, 2.24) is 20.8 Å². The normalized spacial score (nSPS) is 11.6. The molecule has 0 saturated carbocycles. The number of benzene rings is 1. The third-order valence-corrected chi connectivity index (χ3v) is 5.00. The first-order valence-electron chi connectivity index (χ1n) is 9.70. The number of para-hydroxylation sites is 1. The molecule has 0 bridgehead atoms. The average molecular weight is 495 g/mol. The number of aliphatic imine (C=N–C) groups is 1. The van der Waals surface area contributed by atoms with Crippen LogP contribution in [0.3, 0.4) is 0 Å². The van der Waals surface area contributed by atoms with Crippen molar-refractivity contribution in [1.29, 1.82) is 0 Å². The molecule has 0 aliphatic carbocycles. The van der Waals surface area contributed by atoms with Gasteiger partial charge in [-0.3, -0.25) is 4.99 Å². The van der Waals surface area contributed by atoms with Crippen LogP contribution in [0.1, 0.15) is 49.6 Å². The molecule has 1 aromatic carbocycles. The summed E-state index contributed by atoms with van der Waals surface area (Å²) in [6, 6.07) is 10.4. The van der Waals surface area contributed by atoms with Gasteiger partial charge in [0, 0.05) is 42.7 Å². The predicted molar refractivity (Wildman–Crippen MR) is 125 cm³/mol. The lowest BCUT2D eigenvalue weighted by molar-refractivity contribution is 0.368. The summed E-state index contributed by atoms with van der Waals surface area (Å²) in [5.74, 6) is 2.06.